The zero-order valence-corrected chi connectivity index (χ0v) is 24.7. The lowest BCUT2D eigenvalue weighted by atomic mass is 9.95. The number of aryl methyl sites for hydroxylation is 2. The number of aliphatic hydroxyl groups is 1. The number of ketones is 1. The van der Waals surface area contributed by atoms with Gasteiger partial charge in [-0.3, -0.25) is 14.5 Å². The van der Waals surface area contributed by atoms with E-state index in [0.29, 0.717) is 46.0 Å². The van der Waals surface area contributed by atoms with Gasteiger partial charge >= 0.3 is 5.91 Å². The second-order valence-electron chi connectivity index (χ2n) is 10.2. The molecular formula is C33H33N3O5S. The van der Waals surface area contributed by atoms with Crippen LogP contribution in [-0.4, -0.2) is 33.6 Å². The van der Waals surface area contributed by atoms with Gasteiger partial charge in [0.1, 0.15) is 28.9 Å². The largest absolute Gasteiger partial charge is 0.507 e. The summed E-state index contributed by atoms with van der Waals surface area (Å²) in [6.07, 6.45) is 3.16. The van der Waals surface area contributed by atoms with Gasteiger partial charge in [-0.15, -0.1) is 10.2 Å². The summed E-state index contributed by atoms with van der Waals surface area (Å²) >= 11 is 1.21. The third-order valence-corrected chi connectivity index (χ3v) is 7.83. The van der Waals surface area contributed by atoms with Crippen LogP contribution in [0.25, 0.3) is 5.76 Å². The molecule has 1 saturated heterocycles. The molecule has 8 nitrogen and oxygen atoms in total. The summed E-state index contributed by atoms with van der Waals surface area (Å²) in [5.74, 6) is -0.517. The fraction of sp³-hybridized carbons (Fsp3) is 0.273. The van der Waals surface area contributed by atoms with E-state index in [1.54, 1.807) is 31.2 Å². The van der Waals surface area contributed by atoms with E-state index >= 15 is 0 Å². The number of benzene rings is 3. The lowest BCUT2D eigenvalue weighted by molar-refractivity contribution is -0.132. The van der Waals surface area contributed by atoms with Crippen molar-refractivity contribution in [3.63, 3.8) is 0 Å². The summed E-state index contributed by atoms with van der Waals surface area (Å²) < 4.78 is 11.8. The van der Waals surface area contributed by atoms with Crippen molar-refractivity contribution in [2.75, 3.05) is 11.5 Å². The second kappa shape index (κ2) is 13.0. The molecule has 0 saturated carbocycles. The highest BCUT2D eigenvalue weighted by molar-refractivity contribution is 7.15. The summed E-state index contributed by atoms with van der Waals surface area (Å²) in [6.45, 7) is 6.96. The van der Waals surface area contributed by atoms with Crippen molar-refractivity contribution in [3.8, 4) is 11.5 Å². The topological polar surface area (TPSA) is 102 Å². The van der Waals surface area contributed by atoms with Gasteiger partial charge in [-0.25, -0.2) is 0 Å². The number of hydrogen-bond donors (Lipinski definition) is 1. The number of carbonyl (C=O) groups excluding carboxylic acids is 2. The zero-order chi connectivity index (χ0) is 29.6. The smallest absolute Gasteiger partial charge is 0.301 e. The summed E-state index contributed by atoms with van der Waals surface area (Å²) in [4.78, 5) is 28.1. The Morgan fingerprint density at radius 3 is 2.31 bits per heavy atom. The van der Waals surface area contributed by atoms with E-state index in [4.69, 9.17) is 9.47 Å². The Balaban J connectivity index is 1.45. The van der Waals surface area contributed by atoms with Crippen molar-refractivity contribution in [2.45, 2.75) is 52.7 Å². The number of unbranched alkanes of at least 4 members (excludes halogenated alkanes) is 2. The number of amides is 1. The van der Waals surface area contributed by atoms with E-state index in [-0.39, 0.29) is 11.3 Å². The lowest BCUT2D eigenvalue weighted by Gasteiger charge is -2.22. The fourth-order valence-electron chi connectivity index (χ4n) is 4.85. The van der Waals surface area contributed by atoms with Crippen molar-refractivity contribution < 1.29 is 24.2 Å². The van der Waals surface area contributed by atoms with Crippen LogP contribution in [0, 0.1) is 13.8 Å². The molecule has 1 aliphatic heterocycles. The minimum atomic E-state index is -0.885. The van der Waals surface area contributed by atoms with Crippen molar-refractivity contribution in [3.05, 3.63) is 106 Å². The van der Waals surface area contributed by atoms with Gasteiger partial charge in [0.05, 0.1) is 18.2 Å². The third-order valence-electron chi connectivity index (χ3n) is 6.99. The predicted octanol–water partition coefficient (Wildman–Crippen LogP) is 6.93. The molecule has 2 heterocycles. The summed E-state index contributed by atoms with van der Waals surface area (Å²) in [6, 6.07) is 21.2. The maximum absolute atomic E-state index is 13.4. The van der Waals surface area contributed by atoms with E-state index in [0.717, 1.165) is 30.4 Å². The monoisotopic (exact) mass is 583 g/mol. The van der Waals surface area contributed by atoms with Crippen LogP contribution in [0.3, 0.4) is 0 Å². The van der Waals surface area contributed by atoms with Crippen molar-refractivity contribution >= 4 is 33.9 Å². The molecule has 42 heavy (non-hydrogen) atoms. The quantitative estimate of drug-likeness (QED) is 0.0884. The summed E-state index contributed by atoms with van der Waals surface area (Å²) in [7, 11) is 0. The van der Waals surface area contributed by atoms with Gasteiger partial charge in [0.15, 0.2) is 0 Å². The number of rotatable bonds is 11. The number of aromatic nitrogens is 2. The molecule has 1 amide bonds. The van der Waals surface area contributed by atoms with E-state index in [1.807, 2.05) is 49.4 Å². The standard InChI is InChI=1S/C33H33N3O5S/c1-4-5-6-18-40-26-14-10-24(11-15-26)29-28(31(38)32(39)36(29)33-35-34-22(3)42-33)30(37)25-12-16-27(17-13-25)41-20-23-9-7-8-21(2)19-23/h7-17,19,29,37H,4-6,18,20H2,1-3H3. The third kappa shape index (κ3) is 6.36. The molecule has 0 spiro atoms. The molecule has 1 fully saturated rings. The summed E-state index contributed by atoms with van der Waals surface area (Å²) in [5, 5.41) is 20.6. The van der Waals surface area contributed by atoms with Gasteiger partial charge in [-0.2, -0.15) is 0 Å². The van der Waals surface area contributed by atoms with Crippen LogP contribution in [0.2, 0.25) is 0 Å². The molecular weight excluding hydrogens is 550 g/mol. The number of aliphatic hydroxyl groups excluding tert-OH is 1. The van der Waals surface area contributed by atoms with Gasteiger partial charge in [0, 0.05) is 5.56 Å². The molecule has 0 bridgehead atoms. The Morgan fingerprint density at radius 1 is 0.929 bits per heavy atom. The fourth-order valence-corrected chi connectivity index (χ4v) is 5.56. The molecule has 1 aromatic heterocycles. The van der Waals surface area contributed by atoms with Crippen LogP contribution < -0.4 is 14.4 Å². The maximum atomic E-state index is 13.4. The van der Waals surface area contributed by atoms with E-state index in [1.165, 1.54) is 16.2 Å². The van der Waals surface area contributed by atoms with E-state index in [2.05, 4.69) is 23.2 Å². The molecule has 1 aliphatic rings. The average molecular weight is 584 g/mol. The molecule has 9 heteroatoms. The molecule has 0 radical (unpaired) electrons. The first-order chi connectivity index (χ1) is 20.4. The number of anilines is 1. The molecule has 0 aliphatic carbocycles. The van der Waals surface area contributed by atoms with Crippen LogP contribution in [0.1, 0.15) is 59.5 Å². The van der Waals surface area contributed by atoms with E-state index in [9.17, 15) is 14.7 Å². The molecule has 216 valence electrons. The number of Topliss-reactive ketones (excluding diaryl/α,β-unsaturated/α-hetero) is 1. The van der Waals surface area contributed by atoms with Gasteiger partial charge in [-0.05, 0) is 67.8 Å². The maximum Gasteiger partial charge on any atom is 0.301 e. The molecule has 5 rings (SSSR count). The SMILES string of the molecule is CCCCCOc1ccc(C2C(=C(O)c3ccc(OCc4cccc(C)c4)cc3)C(=O)C(=O)N2c2nnc(C)s2)cc1. The van der Waals surface area contributed by atoms with Crippen LogP contribution in [-0.2, 0) is 16.2 Å². The second-order valence-corrected chi connectivity index (χ2v) is 11.4. The highest BCUT2D eigenvalue weighted by Crippen LogP contribution is 2.43. The molecule has 4 aromatic rings. The minimum absolute atomic E-state index is 0.0158. The zero-order valence-electron chi connectivity index (χ0n) is 23.9. The van der Waals surface area contributed by atoms with Crippen LogP contribution >= 0.6 is 11.3 Å². The van der Waals surface area contributed by atoms with Gasteiger partial charge in [0.2, 0.25) is 5.13 Å². The van der Waals surface area contributed by atoms with Gasteiger partial charge in [-0.1, -0.05) is 73.1 Å². The first-order valence-corrected chi connectivity index (χ1v) is 14.8. The number of hydrogen-bond acceptors (Lipinski definition) is 8. The Bertz CT molecular complexity index is 1590. The molecule has 1 atom stereocenters. The Labute approximate surface area is 249 Å². The Kier molecular flexibility index (Phi) is 8.97. The van der Waals surface area contributed by atoms with Crippen molar-refractivity contribution in [1.82, 2.24) is 10.2 Å². The van der Waals surface area contributed by atoms with Crippen LogP contribution in [0.15, 0.2) is 78.4 Å². The van der Waals surface area contributed by atoms with Crippen LogP contribution in [0.4, 0.5) is 5.13 Å². The Hall–Kier alpha value is -4.50. The molecule has 1 unspecified atom stereocenters. The van der Waals surface area contributed by atoms with E-state index < -0.39 is 17.7 Å². The number of carbonyl (C=O) groups is 2. The summed E-state index contributed by atoms with van der Waals surface area (Å²) in [5.41, 5.74) is 3.22. The number of nitrogens with zero attached hydrogens (tertiary/aromatic N) is 3. The first-order valence-electron chi connectivity index (χ1n) is 14.0. The number of ether oxygens (including phenoxy) is 2. The highest BCUT2D eigenvalue weighted by atomic mass is 32.1. The molecule has 3 aromatic carbocycles. The predicted molar refractivity (Wildman–Crippen MR) is 163 cm³/mol. The van der Waals surface area contributed by atoms with Gasteiger partial charge in [0.25, 0.3) is 5.78 Å². The van der Waals surface area contributed by atoms with Gasteiger partial charge < -0.3 is 14.6 Å². The van der Waals surface area contributed by atoms with Crippen molar-refractivity contribution in [2.24, 2.45) is 0 Å². The lowest BCUT2D eigenvalue weighted by Crippen LogP contribution is -2.29. The highest BCUT2D eigenvalue weighted by Gasteiger charge is 2.48. The molecule has 1 N–H and O–H groups in total. The Morgan fingerprint density at radius 2 is 1.64 bits per heavy atom. The first kappa shape index (κ1) is 29.0. The normalized spacial score (nSPS) is 16.2. The van der Waals surface area contributed by atoms with Crippen molar-refractivity contribution in [1.29, 1.82) is 0 Å². The minimum Gasteiger partial charge on any atom is -0.507 e. The van der Waals surface area contributed by atoms with Crippen LogP contribution in [0.5, 0.6) is 11.5 Å². The average Bonchev–Trinajstić information content (AvgIpc) is 3.54.